The molecule has 1 aliphatic rings. The molecule has 2 N–H and O–H groups in total. The van der Waals surface area contributed by atoms with Crippen molar-refractivity contribution >= 4 is 11.7 Å². The van der Waals surface area contributed by atoms with Gasteiger partial charge in [-0.1, -0.05) is 6.07 Å². The maximum atomic E-state index is 10.5. The van der Waals surface area contributed by atoms with Crippen LogP contribution in [-0.4, -0.2) is 51.0 Å². The van der Waals surface area contributed by atoms with Gasteiger partial charge in [0.1, 0.15) is 5.75 Å². The number of carboxylic acids is 1. The highest BCUT2D eigenvalue weighted by molar-refractivity contribution is 5.69. The Hall–Kier alpha value is -1.79. The number of aliphatic carboxylic acids is 1. The summed E-state index contributed by atoms with van der Waals surface area (Å²) in [7, 11) is 1.65. The number of carboxylic acid groups (broad SMARTS) is 1. The zero-order chi connectivity index (χ0) is 14.4. The normalized spacial score (nSPS) is 15.2. The molecule has 0 aliphatic carbocycles. The van der Waals surface area contributed by atoms with E-state index in [9.17, 15) is 4.79 Å². The van der Waals surface area contributed by atoms with Gasteiger partial charge in [0.25, 0.3) is 0 Å². The van der Waals surface area contributed by atoms with Crippen LogP contribution in [0.2, 0.25) is 0 Å². The number of nitrogens with one attached hydrogen (secondary N) is 1. The van der Waals surface area contributed by atoms with E-state index in [1.165, 1.54) is 0 Å². The van der Waals surface area contributed by atoms with E-state index < -0.39 is 5.97 Å². The molecule has 20 heavy (non-hydrogen) atoms. The molecule has 0 saturated carbocycles. The Morgan fingerprint density at radius 3 is 2.85 bits per heavy atom. The Balaban J connectivity index is 2.04. The van der Waals surface area contributed by atoms with E-state index >= 15 is 0 Å². The Kier molecular flexibility index (Phi) is 5.20. The third-order valence-corrected chi connectivity index (χ3v) is 3.20. The lowest BCUT2D eigenvalue weighted by Gasteiger charge is -2.30. The average molecular weight is 280 g/mol. The molecule has 0 bridgehead atoms. The van der Waals surface area contributed by atoms with Gasteiger partial charge in [0.15, 0.2) is 0 Å². The molecule has 1 aromatic carbocycles. The van der Waals surface area contributed by atoms with Crippen LogP contribution in [0.5, 0.6) is 5.75 Å². The van der Waals surface area contributed by atoms with E-state index in [0.717, 1.165) is 43.3 Å². The first-order chi connectivity index (χ1) is 9.70. The van der Waals surface area contributed by atoms with Gasteiger partial charge >= 0.3 is 5.97 Å². The Labute approximate surface area is 118 Å². The third-order valence-electron chi connectivity index (χ3n) is 3.20. The highest BCUT2D eigenvalue weighted by Crippen LogP contribution is 2.29. The van der Waals surface area contributed by atoms with E-state index in [1.54, 1.807) is 7.11 Å². The molecule has 1 aromatic rings. The fraction of sp³-hybridized carbons (Fsp3) is 0.500. The predicted molar refractivity (Wildman–Crippen MR) is 75.4 cm³/mol. The molecule has 6 nitrogen and oxygen atoms in total. The number of methoxy groups -OCH3 is 1. The first-order valence-corrected chi connectivity index (χ1v) is 6.63. The van der Waals surface area contributed by atoms with E-state index in [1.807, 2.05) is 18.2 Å². The van der Waals surface area contributed by atoms with Gasteiger partial charge in [0.2, 0.25) is 0 Å². The van der Waals surface area contributed by atoms with Crippen LogP contribution >= 0.6 is 0 Å². The average Bonchev–Trinajstić information content (AvgIpc) is 2.47. The lowest BCUT2D eigenvalue weighted by atomic mass is 10.1. The van der Waals surface area contributed by atoms with E-state index in [4.69, 9.17) is 14.6 Å². The van der Waals surface area contributed by atoms with Gasteiger partial charge in [-0.3, -0.25) is 4.79 Å². The first kappa shape index (κ1) is 14.6. The molecule has 1 aliphatic heterocycles. The smallest absolute Gasteiger partial charge is 0.317 e. The molecule has 0 aromatic heterocycles. The molecule has 1 saturated heterocycles. The van der Waals surface area contributed by atoms with E-state index in [-0.39, 0.29) is 6.54 Å². The van der Waals surface area contributed by atoms with Crippen molar-refractivity contribution in [1.29, 1.82) is 0 Å². The molecule has 1 fully saturated rings. The Bertz CT molecular complexity index is 458. The summed E-state index contributed by atoms with van der Waals surface area (Å²) in [4.78, 5) is 12.7. The van der Waals surface area contributed by atoms with Gasteiger partial charge in [-0.25, -0.2) is 0 Å². The topological polar surface area (TPSA) is 71.0 Å². The largest absolute Gasteiger partial charge is 0.495 e. The predicted octanol–water partition coefficient (Wildman–Crippen LogP) is 0.706. The number of carbonyl (C=O) groups is 1. The quantitative estimate of drug-likeness (QED) is 0.799. The van der Waals surface area contributed by atoms with E-state index in [2.05, 4.69) is 10.2 Å². The molecular formula is C14H20N2O4. The van der Waals surface area contributed by atoms with Gasteiger partial charge in [0.05, 0.1) is 32.6 Å². The SMILES string of the molecule is COc1cc(CNCC(=O)O)ccc1N1CCOCC1. The fourth-order valence-corrected chi connectivity index (χ4v) is 2.21. The van der Waals surface area contributed by atoms with Gasteiger partial charge in [0, 0.05) is 19.6 Å². The summed E-state index contributed by atoms with van der Waals surface area (Å²) in [6, 6.07) is 5.95. The summed E-state index contributed by atoms with van der Waals surface area (Å²) < 4.78 is 10.8. The summed E-state index contributed by atoms with van der Waals surface area (Å²) in [5.41, 5.74) is 2.05. The minimum Gasteiger partial charge on any atom is -0.495 e. The standard InChI is InChI=1S/C14H20N2O4/c1-19-13-8-11(9-15-10-14(17)18)2-3-12(13)16-4-6-20-7-5-16/h2-3,8,15H,4-7,9-10H2,1H3,(H,17,18). The van der Waals surface area contributed by atoms with Crippen molar-refractivity contribution in [3.63, 3.8) is 0 Å². The summed E-state index contributed by atoms with van der Waals surface area (Å²) in [5.74, 6) is -0.0524. The van der Waals surface area contributed by atoms with Crippen molar-refractivity contribution in [2.75, 3.05) is 44.9 Å². The van der Waals surface area contributed by atoms with Crippen LogP contribution in [0.4, 0.5) is 5.69 Å². The molecule has 2 rings (SSSR count). The van der Waals surface area contributed by atoms with Crippen LogP contribution in [0, 0.1) is 0 Å². The van der Waals surface area contributed by atoms with Crippen molar-refractivity contribution < 1.29 is 19.4 Å². The third kappa shape index (κ3) is 3.85. The van der Waals surface area contributed by atoms with Gasteiger partial charge < -0.3 is 24.8 Å². The Morgan fingerprint density at radius 1 is 1.45 bits per heavy atom. The number of morpholine rings is 1. The number of benzene rings is 1. The molecule has 0 amide bonds. The second-order valence-electron chi connectivity index (χ2n) is 4.60. The van der Waals surface area contributed by atoms with Crippen molar-refractivity contribution in [3.8, 4) is 5.75 Å². The van der Waals surface area contributed by atoms with Crippen LogP contribution in [0.3, 0.4) is 0 Å². The lowest BCUT2D eigenvalue weighted by Crippen LogP contribution is -2.36. The first-order valence-electron chi connectivity index (χ1n) is 6.63. The van der Waals surface area contributed by atoms with Crippen molar-refractivity contribution in [2.24, 2.45) is 0 Å². The summed E-state index contributed by atoms with van der Waals surface area (Å²) >= 11 is 0. The van der Waals surface area contributed by atoms with Crippen LogP contribution < -0.4 is 15.0 Å². The maximum Gasteiger partial charge on any atom is 0.317 e. The fourth-order valence-electron chi connectivity index (χ4n) is 2.21. The monoisotopic (exact) mass is 280 g/mol. The molecule has 0 unspecified atom stereocenters. The number of nitrogens with zero attached hydrogens (tertiary/aromatic N) is 1. The van der Waals surface area contributed by atoms with Gasteiger partial charge in [-0.15, -0.1) is 0 Å². The maximum absolute atomic E-state index is 10.5. The molecule has 6 heteroatoms. The number of ether oxygens (including phenoxy) is 2. The van der Waals surface area contributed by atoms with Gasteiger partial charge in [-0.05, 0) is 17.7 Å². The lowest BCUT2D eigenvalue weighted by molar-refractivity contribution is -0.135. The molecule has 0 radical (unpaired) electrons. The molecule has 0 atom stereocenters. The number of rotatable bonds is 6. The number of hydrogen-bond donors (Lipinski definition) is 2. The molecule has 110 valence electrons. The number of hydrogen-bond acceptors (Lipinski definition) is 5. The zero-order valence-corrected chi connectivity index (χ0v) is 11.6. The van der Waals surface area contributed by atoms with Crippen molar-refractivity contribution in [3.05, 3.63) is 23.8 Å². The molecular weight excluding hydrogens is 260 g/mol. The van der Waals surface area contributed by atoms with Crippen LogP contribution in [0.1, 0.15) is 5.56 Å². The highest BCUT2D eigenvalue weighted by atomic mass is 16.5. The molecule has 0 spiro atoms. The zero-order valence-electron chi connectivity index (χ0n) is 11.6. The van der Waals surface area contributed by atoms with Crippen LogP contribution in [0.25, 0.3) is 0 Å². The minimum atomic E-state index is -0.859. The second kappa shape index (κ2) is 7.12. The summed E-state index contributed by atoms with van der Waals surface area (Å²) in [5, 5.41) is 11.5. The van der Waals surface area contributed by atoms with E-state index in [0.29, 0.717) is 6.54 Å². The summed E-state index contributed by atoms with van der Waals surface area (Å²) in [6.45, 7) is 3.62. The van der Waals surface area contributed by atoms with Crippen molar-refractivity contribution in [2.45, 2.75) is 6.54 Å². The minimum absolute atomic E-state index is 0.0481. The van der Waals surface area contributed by atoms with Crippen LogP contribution in [0.15, 0.2) is 18.2 Å². The number of anilines is 1. The second-order valence-corrected chi connectivity index (χ2v) is 4.60. The van der Waals surface area contributed by atoms with Crippen molar-refractivity contribution in [1.82, 2.24) is 5.32 Å². The Morgan fingerprint density at radius 2 is 2.20 bits per heavy atom. The van der Waals surface area contributed by atoms with Gasteiger partial charge in [-0.2, -0.15) is 0 Å². The summed E-state index contributed by atoms with van der Waals surface area (Å²) in [6.07, 6.45) is 0. The van der Waals surface area contributed by atoms with Crippen LogP contribution in [-0.2, 0) is 16.1 Å². The molecule has 1 heterocycles. The highest BCUT2D eigenvalue weighted by Gasteiger charge is 2.15.